The van der Waals surface area contributed by atoms with Crippen LogP contribution in [0.4, 0.5) is 0 Å². The summed E-state index contributed by atoms with van der Waals surface area (Å²) in [4.78, 5) is 23.9. The maximum absolute atomic E-state index is 12.3. The third-order valence-electron chi connectivity index (χ3n) is 4.07. The monoisotopic (exact) mass is 328 g/mol. The van der Waals surface area contributed by atoms with Gasteiger partial charge in [-0.25, -0.2) is 4.98 Å². The van der Waals surface area contributed by atoms with Gasteiger partial charge in [0, 0.05) is 29.5 Å². The van der Waals surface area contributed by atoms with Crippen molar-refractivity contribution in [3.8, 4) is 11.1 Å². The summed E-state index contributed by atoms with van der Waals surface area (Å²) in [6, 6.07) is 17.2. The van der Waals surface area contributed by atoms with Gasteiger partial charge in [0.05, 0.1) is 12.2 Å². The number of H-pyrrole nitrogens is 1. The van der Waals surface area contributed by atoms with Gasteiger partial charge in [0.25, 0.3) is 5.91 Å². The highest BCUT2D eigenvalue weighted by Crippen LogP contribution is 2.27. The highest BCUT2D eigenvalue weighted by atomic mass is 16.1. The van der Waals surface area contributed by atoms with E-state index in [0.717, 1.165) is 27.9 Å². The fourth-order valence-electron chi connectivity index (χ4n) is 2.79. The molecular weight excluding hydrogens is 312 g/mol. The van der Waals surface area contributed by atoms with E-state index in [0.29, 0.717) is 12.1 Å². The SMILES string of the molecule is O=C(NCc1ccccn1)c1ccc(-c2ccnc3[nH]ccc23)cc1. The highest BCUT2D eigenvalue weighted by Gasteiger charge is 2.08. The molecule has 0 atom stereocenters. The second-order valence-corrected chi connectivity index (χ2v) is 5.68. The summed E-state index contributed by atoms with van der Waals surface area (Å²) >= 11 is 0. The first-order valence-corrected chi connectivity index (χ1v) is 8.02. The van der Waals surface area contributed by atoms with Crippen molar-refractivity contribution < 1.29 is 4.79 Å². The molecule has 0 radical (unpaired) electrons. The summed E-state index contributed by atoms with van der Waals surface area (Å²) in [5.41, 5.74) is 4.45. The molecule has 25 heavy (non-hydrogen) atoms. The van der Waals surface area contributed by atoms with Crippen molar-refractivity contribution in [3.63, 3.8) is 0 Å². The minimum atomic E-state index is -0.112. The van der Waals surface area contributed by atoms with E-state index in [1.54, 1.807) is 12.4 Å². The number of amides is 1. The van der Waals surface area contributed by atoms with Gasteiger partial charge in [0.15, 0.2) is 0 Å². The standard InChI is InChI=1S/C20H16N4O/c25-20(24-13-16-3-1-2-10-21-16)15-6-4-14(5-7-15)17-8-11-22-19-18(17)9-12-23-19/h1-12H,13H2,(H,22,23)(H,24,25). The summed E-state index contributed by atoms with van der Waals surface area (Å²) < 4.78 is 0. The molecular formula is C20H16N4O. The van der Waals surface area contributed by atoms with Crippen LogP contribution in [0.25, 0.3) is 22.2 Å². The zero-order valence-electron chi connectivity index (χ0n) is 13.4. The molecule has 0 aliphatic heterocycles. The van der Waals surface area contributed by atoms with Crippen molar-refractivity contribution in [3.05, 3.63) is 84.4 Å². The Balaban J connectivity index is 1.52. The Bertz CT molecular complexity index is 1010. The number of carbonyl (C=O) groups excluding carboxylic acids is 1. The van der Waals surface area contributed by atoms with Gasteiger partial charge >= 0.3 is 0 Å². The van der Waals surface area contributed by atoms with Gasteiger partial charge < -0.3 is 10.3 Å². The fraction of sp³-hybridized carbons (Fsp3) is 0.0500. The molecule has 0 bridgehead atoms. The summed E-state index contributed by atoms with van der Waals surface area (Å²) in [7, 11) is 0. The molecule has 0 aliphatic rings. The van der Waals surface area contributed by atoms with E-state index in [1.807, 2.05) is 60.8 Å². The number of hydrogen-bond donors (Lipinski definition) is 2. The molecule has 0 spiro atoms. The van der Waals surface area contributed by atoms with Crippen LogP contribution in [0.3, 0.4) is 0 Å². The van der Waals surface area contributed by atoms with E-state index in [-0.39, 0.29) is 5.91 Å². The molecule has 0 unspecified atom stereocenters. The number of carbonyl (C=O) groups is 1. The fourth-order valence-corrected chi connectivity index (χ4v) is 2.79. The first-order valence-electron chi connectivity index (χ1n) is 8.02. The number of fused-ring (bicyclic) bond motifs is 1. The number of aromatic nitrogens is 3. The largest absolute Gasteiger partial charge is 0.346 e. The van der Waals surface area contributed by atoms with E-state index >= 15 is 0 Å². The van der Waals surface area contributed by atoms with E-state index in [4.69, 9.17) is 0 Å². The molecule has 4 rings (SSSR count). The van der Waals surface area contributed by atoms with Crippen molar-refractivity contribution in [2.24, 2.45) is 0 Å². The predicted octanol–water partition coefficient (Wildman–Crippen LogP) is 3.55. The van der Waals surface area contributed by atoms with Crippen LogP contribution < -0.4 is 5.32 Å². The first kappa shape index (κ1) is 15.1. The molecule has 2 N–H and O–H groups in total. The lowest BCUT2D eigenvalue weighted by molar-refractivity contribution is 0.0950. The van der Waals surface area contributed by atoms with Crippen molar-refractivity contribution in [2.45, 2.75) is 6.54 Å². The quantitative estimate of drug-likeness (QED) is 0.602. The minimum absolute atomic E-state index is 0.112. The van der Waals surface area contributed by atoms with Crippen molar-refractivity contribution in [1.82, 2.24) is 20.3 Å². The number of nitrogens with one attached hydrogen (secondary N) is 2. The van der Waals surface area contributed by atoms with Crippen LogP contribution >= 0.6 is 0 Å². The zero-order chi connectivity index (χ0) is 17.1. The molecule has 0 aliphatic carbocycles. The average molecular weight is 328 g/mol. The van der Waals surface area contributed by atoms with Gasteiger partial charge in [-0.15, -0.1) is 0 Å². The summed E-state index contributed by atoms with van der Waals surface area (Å²) in [6.45, 7) is 0.412. The molecule has 5 heteroatoms. The summed E-state index contributed by atoms with van der Waals surface area (Å²) in [5.74, 6) is -0.112. The number of pyridine rings is 2. The maximum Gasteiger partial charge on any atom is 0.251 e. The second kappa shape index (κ2) is 6.57. The lowest BCUT2D eigenvalue weighted by atomic mass is 10.0. The smallest absolute Gasteiger partial charge is 0.251 e. The molecule has 5 nitrogen and oxygen atoms in total. The molecule has 3 heterocycles. The summed E-state index contributed by atoms with van der Waals surface area (Å²) in [5, 5.41) is 3.95. The van der Waals surface area contributed by atoms with Crippen LogP contribution in [0.15, 0.2) is 73.2 Å². The van der Waals surface area contributed by atoms with Gasteiger partial charge in [0.2, 0.25) is 0 Å². The molecule has 4 aromatic rings. The van der Waals surface area contributed by atoms with E-state index in [9.17, 15) is 4.79 Å². The minimum Gasteiger partial charge on any atom is -0.346 e. The number of rotatable bonds is 4. The number of aromatic amines is 1. The second-order valence-electron chi connectivity index (χ2n) is 5.68. The number of benzene rings is 1. The van der Waals surface area contributed by atoms with Gasteiger partial charge in [-0.1, -0.05) is 18.2 Å². The number of nitrogens with zero attached hydrogens (tertiary/aromatic N) is 2. The normalized spacial score (nSPS) is 10.7. The molecule has 122 valence electrons. The van der Waals surface area contributed by atoms with E-state index in [1.165, 1.54) is 0 Å². The van der Waals surface area contributed by atoms with Gasteiger partial charge in [-0.2, -0.15) is 0 Å². The van der Waals surface area contributed by atoms with E-state index in [2.05, 4.69) is 20.3 Å². The zero-order valence-corrected chi connectivity index (χ0v) is 13.4. The Labute approximate surface area is 144 Å². The van der Waals surface area contributed by atoms with Crippen LogP contribution in [0.5, 0.6) is 0 Å². The van der Waals surface area contributed by atoms with Gasteiger partial charge in [-0.3, -0.25) is 9.78 Å². The molecule has 1 aromatic carbocycles. The van der Waals surface area contributed by atoms with Crippen molar-refractivity contribution in [2.75, 3.05) is 0 Å². The molecule has 0 fully saturated rings. The van der Waals surface area contributed by atoms with Gasteiger partial charge in [0.1, 0.15) is 5.65 Å². The lowest BCUT2D eigenvalue weighted by Gasteiger charge is -2.07. The van der Waals surface area contributed by atoms with E-state index < -0.39 is 0 Å². The van der Waals surface area contributed by atoms with Crippen LogP contribution in [-0.4, -0.2) is 20.9 Å². The Morgan fingerprint density at radius 2 is 1.84 bits per heavy atom. The third-order valence-corrected chi connectivity index (χ3v) is 4.07. The Morgan fingerprint density at radius 1 is 0.960 bits per heavy atom. The predicted molar refractivity (Wildman–Crippen MR) is 96.9 cm³/mol. The maximum atomic E-state index is 12.3. The van der Waals surface area contributed by atoms with Crippen LogP contribution in [-0.2, 0) is 6.54 Å². The third kappa shape index (κ3) is 3.12. The molecule has 0 saturated heterocycles. The lowest BCUT2D eigenvalue weighted by Crippen LogP contribution is -2.23. The van der Waals surface area contributed by atoms with Crippen LogP contribution in [0.2, 0.25) is 0 Å². The van der Waals surface area contributed by atoms with Crippen LogP contribution in [0.1, 0.15) is 16.1 Å². The van der Waals surface area contributed by atoms with Crippen molar-refractivity contribution >= 4 is 16.9 Å². The Morgan fingerprint density at radius 3 is 2.64 bits per heavy atom. The molecule has 3 aromatic heterocycles. The van der Waals surface area contributed by atoms with Crippen LogP contribution in [0, 0.1) is 0 Å². The Kier molecular flexibility index (Phi) is 3.96. The molecule has 0 saturated carbocycles. The average Bonchev–Trinajstić information content (AvgIpc) is 3.16. The van der Waals surface area contributed by atoms with Gasteiger partial charge in [-0.05, 0) is 47.5 Å². The first-order chi connectivity index (χ1) is 12.3. The Hall–Kier alpha value is -3.47. The van der Waals surface area contributed by atoms with Crippen molar-refractivity contribution in [1.29, 1.82) is 0 Å². The highest BCUT2D eigenvalue weighted by molar-refractivity contribution is 5.96. The topological polar surface area (TPSA) is 70.7 Å². The molecule has 1 amide bonds. The number of hydrogen-bond acceptors (Lipinski definition) is 3. The summed E-state index contributed by atoms with van der Waals surface area (Å²) in [6.07, 6.45) is 5.37.